The first-order chi connectivity index (χ1) is 11.8. The number of carbonyl (C=O) groups excluding carboxylic acids is 1. The summed E-state index contributed by atoms with van der Waals surface area (Å²) in [5, 5.41) is 0.923. The zero-order valence-corrected chi connectivity index (χ0v) is 13.9. The van der Waals surface area contributed by atoms with Crippen LogP contribution in [0, 0.1) is 0 Å². The van der Waals surface area contributed by atoms with Crippen molar-refractivity contribution in [2.24, 2.45) is 5.73 Å². The molecule has 0 atom stereocenters. The van der Waals surface area contributed by atoms with E-state index in [0.29, 0.717) is 24.3 Å². The maximum absolute atomic E-state index is 12.9. The van der Waals surface area contributed by atoms with Crippen LogP contribution >= 0.6 is 0 Å². The molecule has 124 valence electrons. The molecule has 0 aliphatic rings. The summed E-state index contributed by atoms with van der Waals surface area (Å²) < 4.78 is 7.86. The van der Waals surface area contributed by atoms with Gasteiger partial charge in [0, 0.05) is 29.3 Å². The number of hydrogen-bond acceptors (Lipinski definition) is 3. The number of benzene rings is 2. The molecule has 0 saturated carbocycles. The minimum atomic E-state index is 0.0285. The zero-order chi connectivity index (χ0) is 16.9. The van der Waals surface area contributed by atoms with Crippen molar-refractivity contribution in [3.8, 4) is 5.75 Å². The number of ketones is 1. The summed E-state index contributed by atoms with van der Waals surface area (Å²) in [4.78, 5) is 12.9. The molecule has 0 aliphatic heterocycles. The van der Waals surface area contributed by atoms with Crippen LogP contribution in [-0.4, -0.2) is 23.5 Å². The Balaban J connectivity index is 2.14. The molecule has 0 radical (unpaired) electrons. The zero-order valence-electron chi connectivity index (χ0n) is 13.9. The quantitative estimate of drug-likeness (QED) is 0.676. The molecule has 1 aromatic heterocycles. The molecule has 2 N–H and O–H groups in total. The van der Waals surface area contributed by atoms with Crippen LogP contribution in [0.4, 0.5) is 0 Å². The Kier molecular flexibility index (Phi) is 4.96. The van der Waals surface area contributed by atoms with Crippen molar-refractivity contribution in [3.63, 3.8) is 0 Å². The Morgan fingerprint density at radius 1 is 1.12 bits per heavy atom. The second kappa shape index (κ2) is 7.32. The molecule has 4 nitrogen and oxygen atoms in total. The molecule has 3 rings (SSSR count). The summed E-state index contributed by atoms with van der Waals surface area (Å²) in [6.45, 7) is 3.92. The molecule has 0 spiro atoms. The van der Waals surface area contributed by atoms with Crippen LogP contribution in [0.1, 0.15) is 29.3 Å². The third-order valence-electron chi connectivity index (χ3n) is 4.04. The van der Waals surface area contributed by atoms with Gasteiger partial charge < -0.3 is 15.0 Å². The topological polar surface area (TPSA) is 57.2 Å². The van der Waals surface area contributed by atoms with Crippen LogP contribution in [0.5, 0.6) is 5.75 Å². The number of fused-ring (bicyclic) bond motifs is 1. The lowest BCUT2D eigenvalue weighted by molar-refractivity contribution is 0.104. The molecule has 3 aromatic rings. The van der Waals surface area contributed by atoms with Gasteiger partial charge in [-0.2, -0.15) is 0 Å². The molecular formula is C20H22N2O2. The third-order valence-corrected chi connectivity index (χ3v) is 4.04. The van der Waals surface area contributed by atoms with E-state index in [-0.39, 0.29) is 5.78 Å². The van der Waals surface area contributed by atoms with Crippen molar-refractivity contribution in [2.45, 2.75) is 19.9 Å². The van der Waals surface area contributed by atoms with Crippen LogP contribution in [0.2, 0.25) is 0 Å². The Labute approximate surface area is 141 Å². The highest BCUT2D eigenvalue weighted by Gasteiger charge is 2.18. The first kappa shape index (κ1) is 16.3. The fourth-order valence-corrected chi connectivity index (χ4v) is 2.96. The van der Waals surface area contributed by atoms with Crippen LogP contribution in [0.25, 0.3) is 10.9 Å². The lowest BCUT2D eigenvalue weighted by Gasteiger charge is -2.09. The fourth-order valence-electron chi connectivity index (χ4n) is 2.96. The highest BCUT2D eigenvalue weighted by Crippen LogP contribution is 2.31. The Bertz CT molecular complexity index is 837. The maximum Gasteiger partial charge on any atom is 0.195 e. The lowest BCUT2D eigenvalue weighted by atomic mass is 10.0. The van der Waals surface area contributed by atoms with Crippen LogP contribution in [0.3, 0.4) is 0 Å². The lowest BCUT2D eigenvalue weighted by Crippen LogP contribution is -2.06. The first-order valence-electron chi connectivity index (χ1n) is 8.30. The van der Waals surface area contributed by atoms with Gasteiger partial charge in [0.1, 0.15) is 5.75 Å². The third kappa shape index (κ3) is 3.05. The van der Waals surface area contributed by atoms with Crippen molar-refractivity contribution < 1.29 is 9.53 Å². The van der Waals surface area contributed by atoms with Gasteiger partial charge in [0.25, 0.3) is 0 Å². The largest absolute Gasteiger partial charge is 0.492 e. The average molecular weight is 322 g/mol. The number of aromatic nitrogens is 1. The predicted octanol–water partition coefficient (Wildman–Crippen LogP) is 3.62. The van der Waals surface area contributed by atoms with Crippen LogP contribution in [-0.2, 0) is 6.54 Å². The van der Waals surface area contributed by atoms with E-state index in [2.05, 4.69) is 4.57 Å². The van der Waals surface area contributed by atoms with Crippen molar-refractivity contribution >= 4 is 16.7 Å². The molecule has 0 saturated heterocycles. The Hall–Kier alpha value is -2.59. The SMILES string of the molecule is CCOc1cccc2c(C(=O)c3ccccc3)cn(CCCN)c12. The number of ether oxygens (including phenoxy) is 1. The normalized spacial score (nSPS) is 10.9. The van der Waals surface area contributed by atoms with Gasteiger partial charge in [-0.25, -0.2) is 0 Å². The minimum absolute atomic E-state index is 0.0285. The Morgan fingerprint density at radius 3 is 2.62 bits per heavy atom. The summed E-state index contributed by atoms with van der Waals surface area (Å²) in [6, 6.07) is 15.2. The molecule has 2 aromatic carbocycles. The summed E-state index contributed by atoms with van der Waals surface area (Å²) in [6.07, 6.45) is 2.78. The first-order valence-corrected chi connectivity index (χ1v) is 8.30. The van der Waals surface area contributed by atoms with Gasteiger partial charge in [0.2, 0.25) is 0 Å². The minimum Gasteiger partial charge on any atom is -0.492 e. The molecule has 0 aliphatic carbocycles. The van der Waals surface area contributed by atoms with Gasteiger partial charge in [0.15, 0.2) is 5.78 Å². The van der Waals surface area contributed by atoms with E-state index >= 15 is 0 Å². The summed E-state index contributed by atoms with van der Waals surface area (Å²) in [5.74, 6) is 0.833. The maximum atomic E-state index is 12.9. The van der Waals surface area contributed by atoms with Gasteiger partial charge in [-0.3, -0.25) is 4.79 Å². The van der Waals surface area contributed by atoms with E-state index in [0.717, 1.165) is 29.6 Å². The number of carbonyl (C=O) groups is 1. The number of nitrogens with zero attached hydrogens (tertiary/aromatic N) is 1. The molecule has 0 unspecified atom stereocenters. The molecule has 1 heterocycles. The van der Waals surface area contributed by atoms with Crippen molar-refractivity contribution in [2.75, 3.05) is 13.2 Å². The molecular weight excluding hydrogens is 300 g/mol. The number of rotatable bonds is 7. The van der Waals surface area contributed by atoms with E-state index in [1.165, 1.54) is 0 Å². The van der Waals surface area contributed by atoms with Crippen LogP contribution < -0.4 is 10.5 Å². The highest BCUT2D eigenvalue weighted by atomic mass is 16.5. The fraction of sp³-hybridized carbons (Fsp3) is 0.250. The number of nitrogens with two attached hydrogens (primary N) is 1. The average Bonchev–Trinajstić information content (AvgIpc) is 3.00. The summed E-state index contributed by atoms with van der Waals surface area (Å²) >= 11 is 0. The van der Waals surface area contributed by atoms with E-state index < -0.39 is 0 Å². The highest BCUT2D eigenvalue weighted by molar-refractivity contribution is 6.17. The summed E-state index contributed by atoms with van der Waals surface area (Å²) in [5.41, 5.74) is 8.02. The van der Waals surface area contributed by atoms with E-state index in [1.807, 2.05) is 61.7 Å². The second-order valence-electron chi connectivity index (χ2n) is 5.66. The predicted molar refractivity (Wildman–Crippen MR) is 96.7 cm³/mol. The van der Waals surface area contributed by atoms with E-state index in [1.54, 1.807) is 0 Å². The second-order valence-corrected chi connectivity index (χ2v) is 5.66. The number of hydrogen-bond donors (Lipinski definition) is 1. The van der Waals surface area contributed by atoms with E-state index in [4.69, 9.17) is 10.5 Å². The van der Waals surface area contributed by atoms with Crippen LogP contribution in [0.15, 0.2) is 54.7 Å². The van der Waals surface area contributed by atoms with Gasteiger partial charge in [-0.1, -0.05) is 42.5 Å². The van der Waals surface area contributed by atoms with Gasteiger partial charge in [0.05, 0.1) is 12.1 Å². The molecule has 4 heteroatoms. The molecule has 24 heavy (non-hydrogen) atoms. The van der Waals surface area contributed by atoms with Crippen molar-refractivity contribution in [3.05, 3.63) is 65.9 Å². The molecule has 0 bridgehead atoms. The van der Waals surface area contributed by atoms with E-state index in [9.17, 15) is 4.79 Å². The van der Waals surface area contributed by atoms with Gasteiger partial charge in [-0.15, -0.1) is 0 Å². The van der Waals surface area contributed by atoms with Crippen molar-refractivity contribution in [1.29, 1.82) is 0 Å². The Morgan fingerprint density at radius 2 is 1.92 bits per heavy atom. The molecule has 0 amide bonds. The molecule has 0 fully saturated rings. The summed E-state index contributed by atoms with van der Waals surface area (Å²) in [7, 11) is 0. The van der Waals surface area contributed by atoms with Gasteiger partial charge >= 0.3 is 0 Å². The number of aryl methyl sites for hydroxylation is 1. The van der Waals surface area contributed by atoms with Gasteiger partial charge in [-0.05, 0) is 26.0 Å². The standard InChI is InChI=1S/C20H22N2O2/c1-2-24-18-11-6-10-16-17(14-22(19(16)18)13-7-12-21)20(23)15-8-4-3-5-9-15/h3-6,8-11,14H,2,7,12-13,21H2,1H3. The smallest absolute Gasteiger partial charge is 0.195 e. The monoisotopic (exact) mass is 322 g/mol. The van der Waals surface area contributed by atoms with Crippen molar-refractivity contribution in [1.82, 2.24) is 4.57 Å². The number of para-hydroxylation sites is 1.